The molecule has 2 nitrogen and oxygen atoms in total. The summed E-state index contributed by atoms with van der Waals surface area (Å²) < 4.78 is 0. The molecule has 2 rings (SSSR count). The van der Waals surface area contributed by atoms with Gasteiger partial charge in [-0.25, -0.2) is 0 Å². The number of hydrogen-bond donors (Lipinski definition) is 1. The molecular formula is C14H16N2. The molecule has 0 aliphatic rings. The lowest BCUT2D eigenvalue weighted by Gasteiger charge is -2.20. The number of rotatable bonds is 3. The van der Waals surface area contributed by atoms with Crippen molar-refractivity contribution < 1.29 is 0 Å². The fraction of sp³-hybridized carbons (Fsp3) is 0.143. The summed E-state index contributed by atoms with van der Waals surface area (Å²) in [5.74, 6) is 0. The Morgan fingerprint density at radius 1 is 0.875 bits per heavy atom. The van der Waals surface area contributed by atoms with Gasteiger partial charge in [0.1, 0.15) is 0 Å². The summed E-state index contributed by atoms with van der Waals surface area (Å²) in [6, 6.07) is 18.7. The molecule has 0 aliphatic carbocycles. The molecule has 2 aromatic rings. The zero-order valence-electron chi connectivity index (χ0n) is 9.64. The zero-order valence-corrected chi connectivity index (χ0v) is 9.64. The lowest BCUT2D eigenvalue weighted by Crippen LogP contribution is -2.09. The van der Waals surface area contributed by atoms with Crippen LogP contribution in [-0.2, 0) is 0 Å². The highest BCUT2D eigenvalue weighted by atomic mass is 15.1. The molecule has 0 bridgehead atoms. The fourth-order valence-electron chi connectivity index (χ4n) is 1.67. The van der Waals surface area contributed by atoms with E-state index in [1.54, 1.807) is 0 Å². The number of nitrogens with one attached hydrogen (secondary N) is 1. The second-order valence-electron chi connectivity index (χ2n) is 3.69. The standard InChI is InChI=1S/C14H16N2/c1-15-12-7-6-10-14(11-12)16(2)13-8-4-3-5-9-13/h3-11,15H,1-2H3. The first-order valence-electron chi connectivity index (χ1n) is 5.38. The second kappa shape index (κ2) is 4.71. The van der Waals surface area contributed by atoms with Crippen molar-refractivity contribution in [3.8, 4) is 0 Å². The average molecular weight is 212 g/mol. The maximum Gasteiger partial charge on any atom is 0.0428 e. The van der Waals surface area contributed by atoms with E-state index in [1.807, 2.05) is 25.2 Å². The Hall–Kier alpha value is -1.96. The van der Waals surface area contributed by atoms with Gasteiger partial charge in [-0.05, 0) is 30.3 Å². The van der Waals surface area contributed by atoms with Crippen molar-refractivity contribution in [3.05, 3.63) is 54.6 Å². The second-order valence-corrected chi connectivity index (χ2v) is 3.69. The van der Waals surface area contributed by atoms with E-state index in [-0.39, 0.29) is 0 Å². The van der Waals surface area contributed by atoms with E-state index in [4.69, 9.17) is 0 Å². The predicted molar refractivity (Wildman–Crippen MR) is 70.5 cm³/mol. The molecule has 0 saturated carbocycles. The van der Waals surface area contributed by atoms with Crippen molar-refractivity contribution in [3.63, 3.8) is 0 Å². The highest BCUT2D eigenvalue weighted by molar-refractivity contribution is 5.66. The molecule has 82 valence electrons. The van der Waals surface area contributed by atoms with Crippen molar-refractivity contribution in [1.82, 2.24) is 0 Å². The highest BCUT2D eigenvalue weighted by Crippen LogP contribution is 2.25. The Morgan fingerprint density at radius 3 is 2.25 bits per heavy atom. The molecule has 0 heterocycles. The molecule has 0 saturated heterocycles. The minimum Gasteiger partial charge on any atom is -0.388 e. The van der Waals surface area contributed by atoms with Crippen molar-refractivity contribution in [2.24, 2.45) is 0 Å². The number of anilines is 3. The van der Waals surface area contributed by atoms with Gasteiger partial charge in [0.15, 0.2) is 0 Å². The van der Waals surface area contributed by atoms with E-state index in [9.17, 15) is 0 Å². The van der Waals surface area contributed by atoms with Crippen LogP contribution in [0.2, 0.25) is 0 Å². The van der Waals surface area contributed by atoms with Crippen molar-refractivity contribution >= 4 is 17.1 Å². The molecular weight excluding hydrogens is 196 g/mol. The maximum absolute atomic E-state index is 3.15. The van der Waals surface area contributed by atoms with Gasteiger partial charge in [-0.2, -0.15) is 0 Å². The van der Waals surface area contributed by atoms with Crippen LogP contribution in [0.25, 0.3) is 0 Å². The van der Waals surface area contributed by atoms with Crippen LogP contribution >= 0.6 is 0 Å². The smallest absolute Gasteiger partial charge is 0.0428 e. The van der Waals surface area contributed by atoms with Crippen LogP contribution in [0.1, 0.15) is 0 Å². The topological polar surface area (TPSA) is 15.3 Å². The van der Waals surface area contributed by atoms with E-state index >= 15 is 0 Å². The first-order valence-corrected chi connectivity index (χ1v) is 5.38. The van der Waals surface area contributed by atoms with E-state index in [1.165, 1.54) is 11.4 Å². The van der Waals surface area contributed by atoms with E-state index < -0.39 is 0 Å². The Morgan fingerprint density at radius 2 is 1.56 bits per heavy atom. The van der Waals surface area contributed by atoms with Gasteiger partial charge in [0.2, 0.25) is 0 Å². The molecule has 0 fully saturated rings. The third kappa shape index (κ3) is 2.16. The summed E-state index contributed by atoms with van der Waals surface area (Å²) in [5.41, 5.74) is 3.49. The van der Waals surface area contributed by atoms with Crippen LogP contribution in [0.4, 0.5) is 17.1 Å². The summed E-state index contributed by atoms with van der Waals surface area (Å²) in [6.45, 7) is 0. The van der Waals surface area contributed by atoms with Crippen LogP contribution in [0.15, 0.2) is 54.6 Å². The third-order valence-electron chi connectivity index (χ3n) is 2.67. The van der Waals surface area contributed by atoms with Gasteiger partial charge in [0, 0.05) is 31.2 Å². The van der Waals surface area contributed by atoms with Crippen molar-refractivity contribution in [2.75, 3.05) is 24.3 Å². The van der Waals surface area contributed by atoms with Gasteiger partial charge in [-0.1, -0.05) is 24.3 Å². The molecule has 0 aromatic heterocycles. The monoisotopic (exact) mass is 212 g/mol. The molecule has 0 spiro atoms. The lowest BCUT2D eigenvalue weighted by molar-refractivity contribution is 1.21. The van der Waals surface area contributed by atoms with Crippen LogP contribution in [0, 0.1) is 0 Å². The molecule has 16 heavy (non-hydrogen) atoms. The summed E-state index contributed by atoms with van der Waals surface area (Å²) in [6.07, 6.45) is 0. The molecule has 0 amide bonds. The molecule has 2 aromatic carbocycles. The summed E-state index contributed by atoms with van der Waals surface area (Å²) in [4.78, 5) is 2.17. The summed E-state index contributed by atoms with van der Waals surface area (Å²) in [7, 11) is 4.01. The molecule has 0 radical (unpaired) electrons. The quantitative estimate of drug-likeness (QED) is 0.837. The third-order valence-corrected chi connectivity index (χ3v) is 2.67. The number of benzene rings is 2. The molecule has 2 heteroatoms. The normalized spacial score (nSPS) is 9.88. The SMILES string of the molecule is CNc1cccc(N(C)c2ccccc2)c1. The molecule has 0 unspecified atom stereocenters. The van der Waals surface area contributed by atoms with E-state index in [2.05, 4.69) is 53.7 Å². The van der Waals surface area contributed by atoms with E-state index in [0.717, 1.165) is 5.69 Å². The lowest BCUT2D eigenvalue weighted by atomic mass is 10.2. The van der Waals surface area contributed by atoms with Gasteiger partial charge >= 0.3 is 0 Å². The Labute approximate surface area is 96.5 Å². The van der Waals surface area contributed by atoms with E-state index in [0.29, 0.717) is 0 Å². The number of hydrogen-bond acceptors (Lipinski definition) is 2. The Kier molecular flexibility index (Phi) is 3.10. The van der Waals surface area contributed by atoms with Gasteiger partial charge in [0.05, 0.1) is 0 Å². The van der Waals surface area contributed by atoms with Crippen LogP contribution in [-0.4, -0.2) is 14.1 Å². The number of nitrogens with zero attached hydrogens (tertiary/aromatic N) is 1. The van der Waals surface area contributed by atoms with Gasteiger partial charge < -0.3 is 10.2 Å². The zero-order chi connectivity index (χ0) is 11.4. The summed E-state index contributed by atoms with van der Waals surface area (Å²) >= 11 is 0. The largest absolute Gasteiger partial charge is 0.388 e. The maximum atomic E-state index is 3.15. The van der Waals surface area contributed by atoms with Gasteiger partial charge in [-0.15, -0.1) is 0 Å². The Bertz CT molecular complexity index is 451. The van der Waals surface area contributed by atoms with Crippen LogP contribution < -0.4 is 10.2 Å². The predicted octanol–water partition coefficient (Wildman–Crippen LogP) is 3.50. The fourth-order valence-corrected chi connectivity index (χ4v) is 1.67. The molecule has 1 N–H and O–H groups in total. The Balaban J connectivity index is 2.30. The van der Waals surface area contributed by atoms with Gasteiger partial charge in [0.25, 0.3) is 0 Å². The van der Waals surface area contributed by atoms with Crippen LogP contribution in [0.5, 0.6) is 0 Å². The minimum atomic E-state index is 1.13. The molecule has 0 atom stereocenters. The van der Waals surface area contributed by atoms with Crippen molar-refractivity contribution in [1.29, 1.82) is 0 Å². The summed E-state index contributed by atoms with van der Waals surface area (Å²) in [5, 5.41) is 3.15. The van der Waals surface area contributed by atoms with Gasteiger partial charge in [-0.3, -0.25) is 0 Å². The highest BCUT2D eigenvalue weighted by Gasteiger charge is 2.02. The van der Waals surface area contributed by atoms with Crippen molar-refractivity contribution in [2.45, 2.75) is 0 Å². The average Bonchev–Trinajstić information content (AvgIpc) is 2.39. The first kappa shape index (κ1) is 10.6. The molecule has 0 aliphatic heterocycles. The van der Waals surface area contributed by atoms with Crippen LogP contribution in [0.3, 0.4) is 0 Å². The first-order chi connectivity index (χ1) is 7.81. The minimum absolute atomic E-state index is 1.13. The number of para-hydroxylation sites is 1.